The number of carbonyl (C=O) groups is 1. The number of benzene rings is 1. The van der Waals surface area contributed by atoms with Gasteiger partial charge in [0, 0.05) is 44.0 Å². The first-order valence-electron chi connectivity index (χ1n) is 9.78. The molecule has 0 saturated carbocycles. The van der Waals surface area contributed by atoms with Crippen molar-refractivity contribution in [3.8, 4) is 0 Å². The fourth-order valence-electron chi connectivity index (χ4n) is 3.28. The van der Waals surface area contributed by atoms with Gasteiger partial charge in [0.2, 0.25) is 10.0 Å². The summed E-state index contributed by atoms with van der Waals surface area (Å²) >= 11 is 6.01. The van der Waals surface area contributed by atoms with E-state index in [4.69, 9.17) is 11.6 Å². The van der Waals surface area contributed by atoms with Crippen molar-refractivity contribution in [3.05, 3.63) is 52.7 Å². The Morgan fingerprint density at radius 3 is 2.22 bits per heavy atom. The first kappa shape index (κ1) is 24.3. The second-order valence-electron chi connectivity index (χ2n) is 7.61. The molecule has 1 amide bonds. The molecule has 0 radical (unpaired) electrons. The van der Waals surface area contributed by atoms with E-state index in [2.05, 4.69) is 9.71 Å². The van der Waals surface area contributed by atoms with Crippen LogP contribution in [0.4, 0.5) is 19.0 Å². The molecule has 0 bridgehead atoms. The molecule has 0 atom stereocenters. The number of pyridine rings is 1. The summed E-state index contributed by atoms with van der Waals surface area (Å²) < 4.78 is 65.3. The molecule has 12 heteroatoms. The lowest BCUT2D eigenvalue weighted by Crippen LogP contribution is -2.49. The highest BCUT2D eigenvalue weighted by molar-refractivity contribution is 7.89. The van der Waals surface area contributed by atoms with Gasteiger partial charge in [-0.05, 0) is 44.2 Å². The van der Waals surface area contributed by atoms with E-state index in [1.165, 1.54) is 24.3 Å². The zero-order valence-corrected chi connectivity index (χ0v) is 18.9. The molecule has 0 aliphatic carbocycles. The van der Waals surface area contributed by atoms with Crippen LogP contribution in [-0.2, 0) is 16.2 Å². The Morgan fingerprint density at radius 1 is 1.12 bits per heavy atom. The number of hydrogen-bond acceptors (Lipinski definition) is 5. The number of hydrogen-bond donors (Lipinski definition) is 1. The SMILES string of the molecule is CC(C)NS(=O)(=O)c1ccc(C(=O)N2CCN(c3ncc(C(F)(F)F)cc3Cl)CC2)cc1. The monoisotopic (exact) mass is 490 g/mol. The molecule has 1 N–H and O–H groups in total. The van der Waals surface area contributed by atoms with Crippen molar-refractivity contribution in [1.82, 2.24) is 14.6 Å². The lowest BCUT2D eigenvalue weighted by Gasteiger charge is -2.35. The van der Waals surface area contributed by atoms with Gasteiger partial charge in [-0.3, -0.25) is 4.79 Å². The number of sulfonamides is 1. The van der Waals surface area contributed by atoms with Gasteiger partial charge in [0.05, 0.1) is 15.5 Å². The summed E-state index contributed by atoms with van der Waals surface area (Å²) in [6, 6.07) is 6.24. The fourth-order valence-corrected chi connectivity index (χ4v) is 4.81. The standard InChI is InChI=1S/C20H22ClF3N4O3S/c1-13(2)26-32(30,31)16-5-3-14(4-6-16)19(29)28-9-7-27(8-10-28)18-17(21)11-15(12-25-18)20(22,23)24/h3-6,11-13,26H,7-10H2,1-2H3. The molecule has 1 aliphatic rings. The lowest BCUT2D eigenvalue weighted by atomic mass is 10.2. The van der Waals surface area contributed by atoms with Gasteiger partial charge in [-0.15, -0.1) is 0 Å². The van der Waals surface area contributed by atoms with Crippen LogP contribution in [0.3, 0.4) is 0 Å². The molecule has 0 unspecified atom stereocenters. The first-order chi connectivity index (χ1) is 14.9. The number of nitrogens with one attached hydrogen (secondary N) is 1. The molecule has 7 nitrogen and oxygen atoms in total. The van der Waals surface area contributed by atoms with Crippen LogP contribution in [0.1, 0.15) is 29.8 Å². The molecule has 1 aromatic heterocycles. The van der Waals surface area contributed by atoms with Crippen molar-refractivity contribution in [2.24, 2.45) is 0 Å². The highest BCUT2D eigenvalue weighted by Gasteiger charge is 2.32. The van der Waals surface area contributed by atoms with Crippen molar-refractivity contribution in [3.63, 3.8) is 0 Å². The van der Waals surface area contributed by atoms with E-state index in [9.17, 15) is 26.4 Å². The highest BCUT2D eigenvalue weighted by Crippen LogP contribution is 2.33. The van der Waals surface area contributed by atoms with Crippen LogP contribution in [0.2, 0.25) is 5.02 Å². The van der Waals surface area contributed by atoms with E-state index in [1.54, 1.807) is 23.6 Å². The number of alkyl halides is 3. The summed E-state index contributed by atoms with van der Waals surface area (Å²) in [4.78, 5) is 20.0. The Kier molecular flexibility index (Phi) is 7.01. The van der Waals surface area contributed by atoms with Crippen LogP contribution in [0, 0.1) is 0 Å². The fraction of sp³-hybridized carbons (Fsp3) is 0.400. The van der Waals surface area contributed by atoms with Crippen LogP contribution in [0.15, 0.2) is 41.4 Å². The maximum atomic E-state index is 12.8. The third-order valence-corrected chi connectivity index (χ3v) is 6.77. The molecule has 32 heavy (non-hydrogen) atoms. The number of halogens is 4. The largest absolute Gasteiger partial charge is 0.417 e. The Hall–Kier alpha value is -2.37. The average Bonchev–Trinajstić information content (AvgIpc) is 2.72. The van der Waals surface area contributed by atoms with Crippen LogP contribution in [-0.4, -0.2) is 56.4 Å². The Labute approximate surface area is 189 Å². The summed E-state index contributed by atoms with van der Waals surface area (Å²) in [6.45, 7) is 4.73. The molecule has 0 spiro atoms. The van der Waals surface area contributed by atoms with Gasteiger partial charge < -0.3 is 9.80 Å². The smallest absolute Gasteiger partial charge is 0.352 e. The Bertz CT molecular complexity index is 1080. The van der Waals surface area contributed by atoms with Crippen LogP contribution in [0.5, 0.6) is 0 Å². The van der Waals surface area contributed by atoms with Gasteiger partial charge in [0.1, 0.15) is 5.82 Å². The topological polar surface area (TPSA) is 82.6 Å². The summed E-state index contributed by atoms with van der Waals surface area (Å²) in [5.74, 6) is -0.0316. The third-order valence-electron chi connectivity index (χ3n) is 4.82. The van der Waals surface area contributed by atoms with Crippen molar-refractivity contribution in [2.75, 3.05) is 31.1 Å². The second-order valence-corrected chi connectivity index (χ2v) is 9.73. The van der Waals surface area contributed by atoms with E-state index < -0.39 is 21.8 Å². The molecule has 1 aliphatic heterocycles. The van der Waals surface area contributed by atoms with Crippen LogP contribution >= 0.6 is 11.6 Å². The molecule has 1 saturated heterocycles. The summed E-state index contributed by atoms with van der Waals surface area (Å²) in [6.07, 6.45) is -3.79. The maximum absolute atomic E-state index is 12.8. The molecular weight excluding hydrogens is 469 g/mol. The van der Waals surface area contributed by atoms with Crippen LogP contribution in [0.25, 0.3) is 0 Å². The van der Waals surface area contributed by atoms with Gasteiger partial charge in [0.25, 0.3) is 5.91 Å². The number of nitrogens with zero attached hydrogens (tertiary/aromatic N) is 3. The minimum atomic E-state index is -4.53. The third kappa shape index (κ3) is 5.51. The minimum absolute atomic E-state index is 0.0654. The lowest BCUT2D eigenvalue weighted by molar-refractivity contribution is -0.137. The van der Waals surface area contributed by atoms with Crippen LogP contribution < -0.4 is 9.62 Å². The summed E-state index contributed by atoms with van der Waals surface area (Å²) in [7, 11) is -3.65. The summed E-state index contributed by atoms with van der Waals surface area (Å²) in [5.41, 5.74) is -0.582. The normalized spacial score (nSPS) is 15.3. The zero-order valence-electron chi connectivity index (χ0n) is 17.4. The predicted octanol–water partition coefficient (Wildman–Crippen LogP) is 3.40. The predicted molar refractivity (Wildman–Crippen MR) is 114 cm³/mol. The molecule has 1 aromatic carbocycles. The molecule has 1 fully saturated rings. The van der Waals surface area contributed by atoms with Gasteiger partial charge in [-0.2, -0.15) is 13.2 Å². The van der Waals surface area contributed by atoms with E-state index in [0.717, 1.165) is 12.3 Å². The van der Waals surface area contributed by atoms with Crippen molar-refractivity contribution >= 4 is 33.3 Å². The van der Waals surface area contributed by atoms with Crippen molar-refractivity contribution < 1.29 is 26.4 Å². The van der Waals surface area contributed by atoms with Crippen molar-refractivity contribution in [1.29, 1.82) is 0 Å². The zero-order chi connectivity index (χ0) is 23.7. The second kappa shape index (κ2) is 9.24. The molecule has 3 rings (SSSR count). The molecule has 2 heterocycles. The number of carbonyl (C=O) groups excluding carboxylic acids is 1. The first-order valence-corrected chi connectivity index (χ1v) is 11.6. The molecular formula is C20H22ClF3N4O3S. The number of piperazine rings is 1. The molecule has 174 valence electrons. The Morgan fingerprint density at radius 2 is 1.72 bits per heavy atom. The average molecular weight is 491 g/mol. The number of anilines is 1. The van der Waals surface area contributed by atoms with E-state index >= 15 is 0 Å². The van der Waals surface area contributed by atoms with Gasteiger partial charge in [-0.1, -0.05) is 11.6 Å². The maximum Gasteiger partial charge on any atom is 0.417 e. The van der Waals surface area contributed by atoms with Crippen molar-refractivity contribution in [2.45, 2.75) is 31.0 Å². The minimum Gasteiger partial charge on any atom is -0.352 e. The Balaban J connectivity index is 1.65. The van der Waals surface area contributed by atoms with Gasteiger partial charge in [-0.25, -0.2) is 18.1 Å². The number of aromatic nitrogens is 1. The van der Waals surface area contributed by atoms with E-state index in [-0.39, 0.29) is 27.7 Å². The summed E-state index contributed by atoms with van der Waals surface area (Å²) in [5, 5.41) is -0.105. The van der Waals surface area contributed by atoms with Gasteiger partial charge >= 0.3 is 6.18 Å². The van der Waals surface area contributed by atoms with Gasteiger partial charge in [0.15, 0.2) is 0 Å². The highest BCUT2D eigenvalue weighted by atomic mass is 35.5. The van der Waals surface area contributed by atoms with E-state index in [0.29, 0.717) is 31.7 Å². The number of amides is 1. The van der Waals surface area contributed by atoms with E-state index in [1.807, 2.05) is 0 Å². The number of rotatable bonds is 5. The molecule has 2 aromatic rings. The quantitative estimate of drug-likeness (QED) is 0.694.